The summed E-state index contributed by atoms with van der Waals surface area (Å²) in [5.41, 5.74) is 1.74. The van der Waals surface area contributed by atoms with E-state index < -0.39 is 0 Å². The van der Waals surface area contributed by atoms with Crippen molar-refractivity contribution in [3.05, 3.63) is 34.9 Å². The minimum absolute atomic E-state index is 0.00929. The van der Waals surface area contributed by atoms with Crippen molar-refractivity contribution in [2.75, 3.05) is 26.3 Å². The molecule has 1 saturated heterocycles. The molecule has 1 aliphatic rings. The Morgan fingerprint density at radius 2 is 2.43 bits per heavy atom. The van der Waals surface area contributed by atoms with Crippen LogP contribution in [0.5, 0.6) is 0 Å². The molecule has 1 amide bonds. The normalized spacial score (nSPS) is 18.7. The van der Waals surface area contributed by atoms with Gasteiger partial charge < -0.3 is 9.64 Å². The smallest absolute Gasteiger partial charge is 0.267 e. The van der Waals surface area contributed by atoms with E-state index in [2.05, 4.69) is 19.6 Å². The van der Waals surface area contributed by atoms with Crippen molar-refractivity contribution in [1.29, 1.82) is 0 Å². The molecule has 1 fully saturated rings. The largest absolute Gasteiger partial charge is 0.379 e. The van der Waals surface area contributed by atoms with Crippen LogP contribution in [0.15, 0.2) is 18.6 Å². The molecule has 3 heterocycles. The van der Waals surface area contributed by atoms with E-state index in [1.807, 2.05) is 17.9 Å². The summed E-state index contributed by atoms with van der Waals surface area (Å²) in [4.78, 5) is 23.5. The molecular weight excluding hydrogens is 314 g/mol. The minimum Gasteiger partial charge on any atom is -0.379 e. The SMILES string of the molecule is CCc1nnsc1C(=O)N1CCOCC(Cc2ccncn2)C1. The van der Waals surface area contributed by atoms with Crippen LogP contribution in [0.3, 0.4) is 0 Å². The summed E-state index contributed by atoms with van der Waals surface area (Å²) < 4.78 is 9.58. The third-order valence-electron chi connectivity index (χ3n) is 3.85. The Bertz CT molecular complexity index is 648. The van der Waals surface area contributed by atoms with Crippen molar-refractivity contribution in [3.63, 3.8) is 0 Å². The quantitative estimate of drug-likeness (QED) is 0.837. The van der Waals surface area contributed by atoms with E-state index in [1.54, 1.807) is 12.5 Å². The highest BCUT2D eigenvalue weighted by Gasteiger charge is 2.26. The van der Waals surface area contributed by atoms with Gasteiger partial charge in [-0.3, -0.25) is 4.79 Å². The molecule has 1 aliphatic heterocycles. The van der Waals surface area contributed by atoms with Crippen LogP contribution in [0, 0.1) is 5.92 Å². The van der Waals surface area contributed by atoms with Gasteiger partial charge in [0.15, 0.2) is 0 Å². The molecule has 2 aromatic rings. The monoisotopic (exact) mass is 333 g/mol. The molecule has 2 aromatic heterocycles. The second kappa shape index (κ2) is 7.56. The zero-order chi connectivity index (χ0) is 16.1. The highest BCUT2D eigenvalue weighted by atomic mass is 32.1. The topological polar surface area (TPSA) is 81.1 Å². The summed E-state index contributed by atoms with van der Waals surface area (Å²) in [6.07, 6.45) is 4.77. The number of aryl methyl sites for hydroxylation is 1. The zero-order valence-electron chi connectivity index (χ0n) is 13.0. The third kappa shape index (κ3) is 3.89. The Balaban J connectivity index is 1.71. The number of carbonyl (C=O) groups excluding carboxylic acids is 1. The van der Waals surface area contributed by atoms with Crippen LogP contribution in [0.25, 0.3) is 0 Å². The first-order valence-electron chi connectivity index (χ1n) is 7.71. The maximum absolute atomic E-state index is 12.8. The molecule has 0 radical (unpaired) electrons. The molecular formula is C15H19N5O2S. The van der Waals surface area contributed by atoms with Crippen molar-refractivity contribution >= 4 is 17.4 Å². The summed E-state index contributed by atoms with van der Waals surface area (Å²) >= 11 is 1.17. The minimum atomic E-state index is 0.00929. The van der Waals surface area contributed by atoms with Crippen LogP contribution in [0.1, 0.15) is 28.0 Å². The predicted molar refractivity (Wildman–Crippen MR) is 85.2 cm³/mol. The summed E-state index contributed by atoms with van der Waals surface area (Å²) in [5.74, 6) is 0.234. The summed E-state index contributed by atoms with van der Waals surface area (Å²) in [6, 6.07) is 1.90. The molecule has 8 heteroatoms. The Morgan fingerprint density at radius 1 is 1.52 bits per heavy atom. The second-order valence-corrected chi connectivity index (χ2v) is 6.25. The summed E-state index contributed by atoms with van der Waals surface area (Å²) in [6.45, 7) is 4.43. The lowest BCUT2D eigenvalue weighted by Gasteiger charge is -2.23. The lowest BCUT2D eigenvalue weighted by atomic mass is 10.0. The van der Waals surface area contributed by atoms with Crippen molar-refractivity contribution in [2.45, 2.75) is 19.8 Å². The Labute approximate surface area is 138 Å². The molecule has 122 valence electrons. The van der Waals surface area contributed by atoms with Crippen LogP contribution >= 0.6 is 11.5 Å². The van der Waals surface area contributed by atoms with Gasteiger partial charge in [-0.25, -0.2) is 9.97 Å². The van der Waals surface area contributed by atoms with E-state index in [1.165, 1.54) is 11.5 Å². The number of ether oxygens (including phenoxy) is 1. The molecule has 0 aliphatic carbocycles. The van der Waals surface area contributed by atoms with Crippen molar-refractivity contribution in [2.24, 2.45) is 5.92 Å². The van der Waals surface area contributed by atoms with Gasteiger partial charge in [0.2, 0.25) is 0 Å². The maximum atomic E-state index is 12.8. The molecule has 0 N–H and O–H groups in total. The summed E-state index contributed by atoms with van der Waals surface area (Å²) in [5, 5.41) is 4.03. The molecule has 1 atom stereocenters. The van der Waals surface area contributed by atoms with Crippen LogP contribution in [-0.4, -0.2) is 56.7 Å². The van der Waals surface area contributed by atoms with Crippen molar-refractivity contribution in [1.82, 2.24) is 24.5 Å². The van der Waals surface area contributed by atoms with Gasteiger partial charge >= 0.3 is 0 Å². The standard InChI is InChI=1S/C15H19N5O2S/c1-2-13-14(23-19-18-13)15(21)20-5-6-22-9-11(8-20)7-12-3-4-16-10-17-12/h3-4,10-11H,2,5-9H2,1H3. The molecule has 0 aromatic carbocycles. The van der Waals surface area contributed by atoms with Crippen molar-refractivity contribution < 1.29 is 9.53 Å². The van der Waals surface area contributed by atoms with Crippen LogP contribution in [0.2, 0.25) is 0 Å². The average Bonchev–Trinajstić information content (AvgIpc) is 2.94. The van der Waals surface area contributed by atoms with E-state index in [0.29, 0.717) is 37.6 Å². The van der Waals surface area contributed by atoms with E-state index in [0.717, 1.165) is 17.8 Å². The first-order valence-corrected chi connectivity index (χ1v) is 8.48. The fourth-order valence-electron chi connectivity index (χ4n) is 2.67. The molecule has 23 heavy (non-hydrogen) atoms. The van der Waals surface area contributed by atoms with Gasteiger partial charge in [-0.15, -0.1) is 5.10 Å². The van der Waals surface area contributed by atoms with E-state index in [9.17, 15) is 4.79 Å². The Kier molecular flexibility index (Phi) is 5.24. The van der Waals surface area contributed by atoms with Crippen LogP contribution in [0.4, 0.5) is 0 Å². The number of rotatable bonds is 4. The highest BCUT2D eigenvalue weighted by molar-refractivity contribution is 7.08. The fraction of sp³-hybridized carbons (Fsp3) is 0.533. The molecule has 0 saturated carbocycles. The number of hydrogen-bond acceptors (Lipinski definition) is 7. The Morgan fingerprint density at radius 3 is 3.22 bits per heavy atom. The third-order valence-corrected chi connectivity index (χ3v) is 4.61. The molecule has 1 unspecified atom stereocenters. The number of carbonyl (C=O) groups is 1. The number of aromatic nitrogens is 4. The predicted octanol–water partition coefficient (Wildman–Crippen LogP) is 1.22. The van der Waals surface area contributed by atoms with Crippen molar-refractivity contribution in [3.8, 4) is 0 Å². The maximum Gasteiger partial charge on any atom is 0.267 e. The molecule has 0 spiro atoms. The Hall–Kier alpha value is -1.93. The van der Waals surface area contributed by atoms with Gasteiger partial charge in [0, 0.05) is 30.9 Å². The highest BCUT2D eigenvalue weighted by Crippen LogP contribution is 2.18. The first-order chi connectivity index (χ1) is 11.3. The lowest BCUT2D eigenvalue weighted by Crippen LogP contribution is -2.36. The summed E-state index contributed by atoms with van der Waals surface area (Å²) in [7, 11) is 0. The number of nitrogens with zero attached hydrogens (tertiary/aromatic N) is 5. The molecule has 3 rings (SSSR count). The van der Waals surface area contributed by atoms with Crippen LogP contribution in [-0.2, 0) is 17.6 Å². The van der Waals surface area contributed by atoms with Crippen LogP contribution < -0.4 is 0 Å². The number of hydrogen-bond donors (Lipinski definition) is 0. The zero-order valence-corrected chi connectivity index (χ0v) is 13.8. The molecule has 0 bridgehead atoms. The average molecular weight is 333 g/mol. The van der Waals surface area contributed by atoms with Gasteiger partial charge in [-0.1, -0.05) is 11.4 Å². The van der Waals surface area contributed by atoms with Gasteiger partial charge in [0.1, 0.15) is 11.2 Å². The fourth-order valence-corrected chi connectivity index (χ4v) is 3.39. The van der Waals surface area contributed by atoms with E-state index >= 15 is 0 Å². The molecule has 7 nitrogen and oxygen atoms in total. The van der Waals surface area contributed by atoms with E-state index in [4.69, 9.17) is 4.74 Å². The first kappa shape index (κ1) is 15.9. The van der Waals surface area contributed by atoms with Gasteiger partial charge in [0.25, 0.3) is 5.91 Å². The second-order valence-electron chi connectivity index (χ2n) is 5.50. The van der Waals surface area contributed by atoms with Gasteiger partial charge in [-0.2, -0.15) is 0 Å². The van der Waals surface area contributed by atoms with Gasteiger partial charge in [0.05, 0.1) is 18.9 Å². The lowest BCUT2D eigenvalue weighted by molar-refractivity contribution is 0.0741. The van der Waals surface area contributed by atoms with E-state index in [-0.39, 0.29) is 11.8 Å². The van der Waals surface area contributed by atoms with Gasteiger partial charge in [-0.05, 0) is 30.4 Å². The number of amides is 1.